The second-order valence-electron chi connectivity index (χ2n) is 4.60. The van der Waals surface area contributed by atoms with Crippen LogP contribution in [0.15, 0.2) is 21.5 Å². The Kier molecular flexibility index (Phi) is 4.97. The Labute approximate surface area is 120 Å². The molecule has 0 aromatic heterocycles. The summed E-state index contributed by atoms with van der Waals surface area (Å²) in [5.74, 6) is 0. The number of nitrogens with two attached hydrogens (primary N) is 1. The van der Waals surface area contributed by atoms with Crippen molar-refractivity contribution in [2.75, 3.05) is 18.9 Å². The van der Waals surface area contributed by atoms with Gasteiger partial charge >= 0.3 is 0 Å². The van der Waals surface area contributed by atoms with Gasteiger partial charge < -0.3 is 15.9 Å². The maximum absolute atomic E-state index is 12.1. The smallest absolute Gasteiger partial charge is 0.241 e. The molecular formula is C11H17BrN2O4S. The van der Waals surface area contributed by atoms with E-state index in [2.05, 4.69) is 20.7 Å². The maximum Gasteiger partial charge on any atom is 0.241 e. The summed E-state index contributed by atoms with van der Waals surface area (Å²) in [4.78, 5) is 0.0353. The van der Waals surface area contributed by atoms with Crippen molar-refractivity contribution in [1.29, 1.82) is 0 Å². The lowest BCUT2D eigenvalue weighted by Crippen LogP contribution is -2.43. The van der Waals surface area contributed by atoms with Gasteiger partial charge in [-0.05, 0) is 31.5 Å². The first kappa shape index (κ1) is 16.4. The van der Waals surface area contributed by atoms with Gasteiger partial charge in [0.1, 0.15) is 0 Å². The quantitative estimate of drug-likeness (QED) is 0.571. The van der Waals surface area contributed by atoms with Crippen molar-refractivity contribution in [3.05, 3.63) is 22.2 Å². The zero-order valence-electron chi connectivity index (χ0n) is 10.6. The molecule has 0 radical (unpaired) electrons. The summed E-state index contributed by atoms with van der Waals surface area (Å²) in [5, 5.41) is 18.5. The molecule has 0 fully saturated rings. The zero-order valence-corrected chi connectivity index (χ0v) is 13.0. The second kappa shape index (κ2) is 5.76. The molecule has 0 saturated carbocycles. The number of halogens is 1. The third-order valence-corrected chi connectivity index (χ3v) is 4.62. The topological polar surface area (TPSA) is 113 Å². The van der Waals surface area contributed by atoms with Crippen molar-refractivity contribution < 1.29 is 18.6 Å². The summed E-state index contributed by atoms with van der Waals surface area (Å²) in [7, 11) is -3.81. The average molecular weight is 353 g/mol. The van der Waals surface area contributed by atoms with E-state index in [1.54, 1.807) is 13.0 Å². The van der Waals surface area contributed by atoms with Crippen molar-refractivity contribution in [1.82, 2.24) is 4.72 Å². The minimum absolute atomic E-state index is 0.0353. The lowest BCUT2D eigenvalue weighted by molar-refractivity contribution is 0.00681. The monoisotopic (exact) mass is 352 g/mol. The zero-order chi connectivity index (χ0) is 14.8. The lowest BCUT2D eigenvalue weighted by Gasteiger charge is -2.21. The number of nitrogen functional groups attached to an aromatic ring is 1. The average Bonchev–Trinajstić information content (AvgIpc) is 2.31. The number of sulfonamides is 1. The van der Waals surface area contributed by atoms with E-state index in [0.29, 0.717) is 15.7 Å². The first-order chi connectivity index (χ1) is 8.59. The molecule has 0 aliphatic carbocycles. The van der Waals surface area contributed by atoms with E-state index in [-0.39, 0.29) is 11.4 Å². The van der Waals surface area contributed by atoms with Gasteiger partial charge in [0.15, 0.2) is 0 Å². The third kappa shape index (κ3) is 4.15. The number of hydrogen-bond donors (Lipinski definition) is 4. The summed E-state index contributed by atoms with van der Waals surface area (Å²) in [5.41, 5.74) is 4.98. The van der Waals surface area contributed by atoms with E-state index in [9.17, 15) is 13.5 Å². The van der Waals surface area contributed by atoms with Crippen molar-refractivity contribution in [2.24, 2.45) is 0 Å². The van der Waals surface area contributed by atoms with Crippen LogP contribution in [0.3, 0.4) is 0 Å². The van der Waals surface area contributed by atoms with E-state index >= 15 is 0 Å². The van der Waals surface area contributed by atoms with Crippen molar-refractivity contribution >= 4 is 31.6 Å². The SMILES string of the molecule is Cc1c(N)cc(Br)cc1S(=O)(=O)NCC(C)(O)CO. The molecule has 0 aliphatic rings. The molecule has 8 heteroatoms. The summed E-state index contributed by atoms with van der Waals surface area (Å²) >= 11 is 3.18. The molecule has 0 heterocycles. The van der Waals surface area contributed by atoms with Crippen LogP contribution in [-0.2, 0) is 10.0 Å². The Morgan fingerprint density at radius 3 is 2.58 bits per heavy atom. The number of aliphatic hydroxyl groups is 2. The van der Waals surface area contributed by atoms with Crippen LogP contribution in [0, 0.1) is 6.92 Å². The fraction of sp³-hybridized carbons (Fsp3) is 0.455. The maximum atomic E-state index is 12.1. The van der Waals surface area contributed by atoms with Gasteiger partial charge in [-0.3, -0.25) is 0 Å². The van der Waals surface area contributed by atoms with Crippen molar-refractivity contribution in [3.63, 3.8) is 0 Å². The minimum Gasteiger partial charge on any atom is -0.398 e. The highest BCUT2D eigenvalue weighted by Crippen LogP contribution is 2.26. The van der Waals surface area contributed by atoms with Crippen LogP contribution < -0.4 is 10.5 Å². The van der Waals surface area contributed by atoms with Crippen LogP contribution in [0.25, 0.3) is 0 Å². The number of rotatable bonds is 5. The largest absolute Gasteiger partial charge is 0.398 e. The van der Waals surface area contributed by atoms with Gasteiger partial charge in [-0.15, -0.1) is 0 Å². The highest BCUT2D eigenvalue weighted by molar-refractivity contribution is 9.10. The summed E-state index contributed by atoms with van der Waals surface area (Å²) in [6.45, 7) is 2.09. The molecule has 1 rings (SSSR count). The number of hydrogen-bond acceptors (Lipinski definition) is 5. The molecule has 0 amide bonds. The van der Waals surface area contributed by atoms with E-state index < -0.39 is 22.2 Å². The van der Waals surface area contributed by atoms with Crippen LogP contribution in [0.2, 0.25) is 0 Å². The fourth-order valence-electron chi connectivity index (χ4n) is 1.34. The molecule has 0 saturated heterocycles. The van der Waals surface area contributed by atoms with Gasteiger partial charge in [0.2, 0.25) is 10.0 Å². The molecule has 0 spiro atoms. The Balaban J connectivity index is 3.08. The van der Waals surface area contributed by atoms with Gasteiger partial charge in [-0.25, -0.2) is 13.1 Å². The molecule has 1 atom stereocenters. The molecule has 1 aromatic rings. The van der Waals surface area contributed by atoms with Gasteiger partial charge in [0, 0.05) is 16.7 Å². The molecule has 19 heavy (non-hydrogen) atoms. The predicted octanol–water partition coefficient (Wildman–Crippen LogP) is 0.361. The van der Waals surface area contributed by atoms with Gasteiger partial charge in [0.25, 0.3) is 0 Å². The highest BCUT2D eigenvalue weighted by atomic mass is 79.9. The van der Waals surface area contributed by atoms with Crippen LogP contribution >= 0.6 is 15.9 Å². The van der Waals surface area contributed by atoms with Gasteiger partial charge in [-0.2, -0.15) is 0 Å². The molecular weight excluding hydrogens is 336 g/mol. The van der Waals surface area contributed by atoms with Crippen LogP contribution in [0.1, 0.15) is 12.5 Å². The van der Waals surface area contributed by atoms with E-state index in [1.807, 2.05) is 0 Å². The lowest BCUT2D eigenvalue weighted by atomic mass is 10.1. The Morgan fingerprint density at radius 2 is 2.05 bits per heavy atom. The molecule has 1 unspecified atom stereocenters. The van der Waals surface area contributed by atoms with E-state index in [1.165, 1.54) is 13.0 Å². The standard InChI is InChI=1S/C11H17BrN2O4S/c1-7-9(13)3-8(12)4-10(7)19(17,18)14-5-11(2,16)6-15/h3-4,14-16H,5-6,13H2,1-2H3. The second-order valence-corrected chi connectivity index (χ2v) is 7.25. The Morgan fingerprint density at radius 1 is 1.47 bits per heavy atom. The molecule has 0 bridgehead atoms. The minimum atomic E-state index is -3.81. The van der Waals surface area contributed by atoms with Crippen LogP contribution in [-0.4, -0.2) is 37.4 Å². The molecule has 0 aliphatic heterocycles. The number of nitrogens with one attached hydrogen (secondary N) is 1. The molecule has 108 valence electrons. The van der Waals surface area contributed by atoms with Crippen molar-refractivity contribution in [2.45, 2.75) is 24.3 Å². The van der Waals surface area contributed by atoms with Gasteiger partial charge in [0.05, 0.1) is 17.1 Å². The highest BCUT2D eigenvalue weighted by Gasteiger charge is 2.25. The summed E-state index contributed by atoms with van der Waals surface area (Å²) in [6, 6.07) is 3.04. The first-order valence-electron chi connectivity index (χ1n) is 5.47. The molecule has 5 N–H and O–H groups in total. The molecule has 6 nitrogen and oxygen atoms in total. The third-order valence-electron chi connectivity index (χ3n) is 2.64. The first-order valence-corrected chi connectivity index (χ1v) is 7.75. The summed E-state index contributed by atoms with van der Waals surface area (Å²) < 4.78 is 27.1. The predicted molar refractivity (Wildman–Crippen MR) is 76.2 cm³/mol. The van der Waals surface area contributed by atoms with Gasteiger partial charge in [-0.1, -0.05) is 15.9 Å². The fourth-order valence-corrected chi connectivity index (χ4v) is 3.42. The Hall–Kier alpha value is -0.670. The Bertz CT molecular complexity index is 572. The van der Waals surface area contributed by atoms with Crippen molar-refractivity contribution in [3.8, 4) is 0 Å². The van der Waals surface area contributed by atoms with Crippen LogP contribution in [0.5, 0.6) is 0 Å². The van der Waals surface area contributed by atoms with E-state index in [0.717, 1.165) is 0 Å². The van der Waals surface area contributed by atoms with Crippen LogP contribution in [0.4, 0.5) is 5.69 Å². The normalized spacial score (nSPS) is 15.2. The number of benzene rings is 1. The number of anilines is 1. The molecule has 1 aromatic carbocycles. The summed E-state index contributed by atoms with van der Waals surface area (Å²) in [6.07, 6.45) is 0. The van der Waals surface area contributed by atoms with E-state index in [4.69, 9.17) is 10.8 Å². The number of aliphatic hydroxyl groups excluding tert-OH is 1.